The van der Waals surface area contributed by atoms with Gasteiger partial charge in [-0.2, -0.15) is 0 Å². The number of likely N-dealkylation sites (tertiary alicyclic amines) is 1. The van der Waals surface area contributed by atoms with E-state index in [0.717, 1.165) is 35.2 Å². The number of halogens is 1. The van der Waals surface area contributed by atoms with Crippen LogP contribution < -0.4 is 0 Å². The van der Waals surface area contributed by atoms with Crippen molar-refractivity contribution in [1.29, 1.82) is 0 Å². The first-order valence-corrected chi connectivity index (χ1v) is 12.9. The molecule has 1 unspecified atom stereocenters. The number of carbonyl (C=O) groups is 2. The molecule has 4 rings (SSSR count). The van der Waals surface area contributed by atoms with Gasteiger partial charge < -0.3 is 9.64 Å². The van der Waals surface area contributed by atoms with E-state index >= 15 is 0 Å². The van der Waals surface area contributed by atoms with Gasteiger partial charge in [0.1, 0.15) is 0 Å². The van der Waals surface area contributed by atoms with Crippen LogP contribution in [0.25, 0.3) is 11.6 Å². The van der Waals surface area contributed by atoms with E-state index < -0.39 is 0 Å². The summed E-state index contributed by atoms with van der Waals surface area (Å²) in [6, 6.07) is 10.1. The summed E-state index contributed by atoms with van der Waals surface area (Å²) in [5.74, 6) is 0.273. The lowest BCUT2D eigenvalue weighted by Crippen LogP contribution is -2.41. The van der Waals surface area contributed by atoms with Gasteiger partial charge in [-0.1, -0.05) is 29.8 Å². The molecule has 0 saturated carbocycles. The van der Waals surface area contributed by atoms with E-state index in [1.54, 1.807) is 11.9 Å². The Hall–Kier alpha value is -2.90. The maximum Gasteiger partial charge on any atom is 0.410 e. The highest BCUT2D eigenvalue weighted by atomic mass is 35.5. The molecule has 0 bridgehead atoms. The molecule has 1 fully saturated rings. The third-order valence-corrected chi connectivity index (χ3v) is 7.27. The van der Waals surface area contributed by atoms with Gasteiger partial charge in [-0.25, -0.2) is 9.86 Å². The minimum atomic E-state index is -0.246. The van der Waals surface area contributed by atoms with Crippen LogP contribution in [-0.4, -0.2) is 60.3 Å². The van der Waals surface area contributed by atoms with Crippen LogP contribution in [0.2, 0.25) is 5.02 Å². The highest BCUT2D eigenvalue weighted by Gasteiger charge is 2.35. The molecule has 1 atom stereocenters. The summed E-state index contributed by atoms with van der Waals surface area (Å²) in [5, 5.41) is 1.93. The monoisotopic (exact) mass is 511 g/mol. The number of hydrogen-bond acceptors (Lipinski definition) is 5. The Balaban J connectivity index is 1.66. The fourth-order valence-corrected chi connectivity index (χ4v) is 5.36. The summed E-state index contributed by atoms with van der Waals surface area (Å²) in [6.45, 7) is 5.03. The van der Waals surface area contributed by atoms with Crippen molar-refractivity contribution in [2.45, 2.75) is 51.6 Å². The van der Waals surface area contributed by atoms with E-state index in [1.165, 1.54) is 17.7 Å². The SMILES string of the molecule is CON(C)C(=O)CCC1=Cc2cc(Cl)ccc2C(C2CCN(C(=O)OC(C)C)CC2)c2ncccc21. The lowest BCUT2D eigenvalue weighted by molar-refractivity contribution is -0.168. The highest BCUT2D eigenvalue weighted by Crippen LogP contribution is 2.45. The molecule has 0 spiro atoms. The number of rotatable bonds is 6. The topological polar surface area (TPSA) is 72.0 Å². The van der Waals surface area contributed by atoms with Gasteiger partial charge in [0, 0.05) is 43.7 Å². The summed E-state index contributed by atoms with van der Waals surface area (Å²) in [7, 11) is 3.10. The fraction of sp³-hybridized carbons (Fsp3) is 0.464. The van der Waals surface area contributed by atoms with Gasteiger partial charge in [0.2, 0.25) is 5.91 Å². The zero-order chi connectivity index (χ0) is 25.8. The molecule has 2 aliphatic rings. The van der Waals surface area contributed by atoms with Crippen LogP contribution in [0, 0.1) is 5.92 Å². The van der Waals surface area contributed by atoms with E-state index in [9.17, 15) is 9.59 Å². The molecule has 2 aromatic rings. The Labute approximate surface area is 218 Å². The maximum atomic E-state index is 12.5. The van der Waals surface area contributed by atoms with Crippen molar-refractivity contribution in [2.75, 3.05) is 27.2 Å². The summed E-state index contributed by atoms with van der Waals surface area (Å²) in [4.78, 5) is 36.7. The summed E-state index contributed by atoms with van der Waals surface area (Å²) in [6.07, 6.45) is 6.19. The predicted octanol–water partition coefficient (Wildman–Crippen LogP) is 5.78. The number of pyridine rings is 1. The normalized spacial score (nSPS) is 17.7. The van der Waals surface area contributed by atoms with E-state index in [4.69, 9.17) is 26.2 Å². The standard InChI is InChI=1S/C28H34ClN3O4/c1-18(2)36-28(34)32-14-11-19(12-15-32)26-23-9-8-22(29)17-21(23)16-20(7-10-25(33)31(3)35-4)24-6-5-13-30-27(24)26/h5-6,8-9,13,16-19,26H,7,10-12,14-15H2,1-4H3. The maximum absolute atomic E-state index is 12.5. The van der Waals surface area contributed by atoms with Crippen molar-refractivity contribution in [3.63, 3.8) is 0 Å². The molecule has 7 nitrogen and oxygen atoms in total. The minimum Gasteiger partial charge on any atom is -0.447 e. The number of carbonyl (C=O) groups excluding carboxylic acids is 2. The first-order valence-electron chi connectivity index (χ1n) is 12.5. The Kier molecular flexibility index (Phi) is 8.32. The zero-order valence-electron chi connectivity index (χ0n) is 21.4. The molecular formula is C28H34ClN3O4. The predicted molar refractivity (Wildman–Crippen MR) is 140 cm³/mol. The van der Waals surface area contributed by atoms with Crippen LogP contribution in [0.5, 0.6) is 0 Å². The molecule has 1 aliphatic carbocycles. The number of piperidine rings is 1. The van der Waals surface area contributed by atoms with Gasteiger partial charge in [0.15, 0.2) is 0 Å². The Morgan fingerprint density at radius 1 is 1.22 bits per heavy atom. The van der Waals surface area contributed by atoms with E-state index in [2.05, 4.69) is 18.2 Å². The largest absolute Gasteiger partial charge is 0.447 e. The molecule has 1 aromatic heterocycles. The smallest absolute Gasteiger partial charge is 0.410 e. The number of aromatic nitrogens is 1. The van der Waals surface area contributed by atoms with E-state index in [-0.39, 0.29) is 24.0 Å². The quantitative estimate of drug-likeness (QED) is 0.460. The van der Waals surface area contributed by atoms with Gasteiger partial charge >= 0.3 is 6.09 Å². The van der Waals surface area contributed by atoms with Crippen LogP contribution in [-0.2, 0) is 14.4 Å². The van der Waals surface area contributed by atoms with Gasteiger partial charge in [-0.3, -0.25) is 14.6 Å². The number of nitrogens with zero attached hydrogens (tertiary/aromatic N) is 3. The van der Waals surface area contributed by atoms with Crippen LogP contribution in [0.3, 0.4) is 0 Å². The molecule has 192 valence electrons. The number of hydroxylamine groups is 2. The van der Waals surface area contributed by atoms with Gasteiger partial charge in [0.25, 0.3) is 0 Å². The van der Waals surface area contributed by atoms with Crippen molar-refractivity contribution in [3.8, 4) is 0 Å². The Morgan fingerprint density at radius 3 is 2.67 bits per heavy atom. The minimum absolute atomic E-state index is 0.0582. The van der Waals surface area contributed by atoms with Crippen molar-refractivity contribution >= 4 is 35.3 Å². The summed E-state index contributed by atoms with van der Waals surface area (Å²) < 4.78 is 5.41. The van der Waals surface area contributed by atoms with Gasteiger partial charge in [0.05, 0.1) is 18.9 Å². The Morgan fingerprint density at radius 2 is 1.97 bits per heavy atom. The number of amides is 2. The molecule has 0 N–H and O–H groups in total. The lowest BCUT2D eigenvalue weighted by Gasteiger charge is -2.36. The third-order valence-electron chi connectivity index (χ3n) is 7.03. The Bertz CT molecular complexity index is 1140. The number of ether oxygens (including phenoxy) is 1. The zero-order valence-corrected chi connectivity index (χ0v) is 22.1. The number of hydrogen-bond donors (Lipinski definition) is 0. The van der Waals surface area contributed by atoms with Crippen molar-refractivity contribution in [3.05, 3.63) is 63.9 Å². The first kappa shape index (κ1) is 26.2. The number of allylic oxidation sites excluding steroid dienone is 1. The van der Waals surface area contributed by atoms with Crippen LogP contribution in [0.1, 0.15) is 67.8 Å². The van der Waals surface area contributed by atoms with Crippen LogP contribution >= 0.6 is 11.6 Å². The lowest BCUT2D eigenvalue weighted by atomic mass is 9.76. The molecule has 2 amide bonds. The average molecular weight is 512 g/mol. The number of fused-ring (bicyclic) bond motifs is 2. The fourth-order valence-electron chi connectivity index (χ4n) is 5.18. The van der Waals surface area contributed by atoms with Gasteiger partial charge in [-0.05, 0) is 79.5 Å². The molecule has 2 heterocycles. The number of benzene rings is 1. The molecule has 36 heavy (non-hydrogen) atoms. The van der Waals surface area contributed by atoms with Crippen molar-refractivity contribution in [1.82, 2.24) is 14.9 Å². The molecule has 1 saturated heterocycles. The second-order valence-electron chi connectivity index (χ2n) is 9.69. The second kappa shape index (κ2) is 11.4. The second-order valence-corrected chi connectivity index (χ2v) is 10.1. The molecule has 0 radical (unpaired) electrons. The average Bonchev–Trinajstić information content (AvgIpc) is 3.00. The molecule has 8 heteroatoms. The molecule has 1 aliphatic heterocycles. The van der Waals surface area contributed by atoms with Crippen molar-refractivity contribution in [2.24, 2.45) is 5.92 Å². The van der Waals surface area contributed by atoms with Crippen molar-refractivity contribution < 1.29 is 19.2 Å². The first-order chi connectivity index (χ1) is 17.3. The third kappa shape index (κ3) is 5.73. The summed E-state index contributed by atoms with van der Waals surface area (Å²) >= 11 is 6.43. The van der Waals surface area contributed by atoms with Crippen LogP contribution in [0.4, 0.5) is 4.79 Å². The van der Waals surface area contributed by atoms with E-state index in [1.807, 2.05) is 38.2 Å². The summed E-state index contributed by atoms with van der Waals surface area (Å²) in [5.41, 5.74) is 5.36. The van der Waals surface area contributed by atoms with Gasteiger partial charge in [-0.15, -0.1) is 0 Å². The molecule has 1 aromatic carbocycles. The van der Waals surface area contributed by atoms with Crippen LogP contribution in [0.15, 0.2) is 36.5 Å². The highest BCUT2D eigenvalue weighted by molar-refractivity contribution is 6.30. The molecular weight excluding hydrogens is 478 g/mol. The van der Waals surface area contributed by atoms with E-state index in [0.29, 0.717) is 36.9 Å².